The summed E-state index contributed by atoms with van der Waals surface area (Å²) in [5.74, 6) is -0.178. The fraction of sp³-hybridized carbons (Fsp3) is 0.333. The van der Waals surface area contributed by atoms with Gasteiger partial charge in [0.05, 0.1) is 17.1 Å². The van der Waals surface area contributed by atoms with Crippen molar-refractivity contribution >= 4 is 16.9 Å². The number of benzene rings is 2. The highest BCUT2D eigenvalue weighted by Crippen LogP contribution is 2.38. The van der Waals surface area contributed by atoms with Gasteiger partial charge in [-0.25, -0.2) is 4.98 Å². The van der Waals surface area contributed by atoms with Crippen molar-refractivity contribution in [1.29, 1.82) is 0 Å². The van der Waals surface area contributed by atoms with E-state index in [0.717, 1.165) is 47.8 Å². The van der Waals surface area contributed by atoms with Crippen molar-refractivity contribution in [2.24, 2.45) is 5.92 Å². The number of ether oxygens (including phenoxy) is 2. The van der Waals surface area contributed by atoms with Crippen molar-refractivity contribution in [3.63, 3.8) is 0 Å². The number of para-hydroxylation sites is 1. The summed E-state index contributed by atoms with van der Waals surface area (Å²) in [6.45, 7) is -0.370. The fourth-order valence-electron chi connectivity index (χ4n) is 4.23. The van der Waals surface area contributed by atoms with Gasteiger partial charge in [-0.1, -0.05) is 49.2 Å². The third kappa shape index (κ3) is 5.32. The molecule has 1 fully saturated rings. The topological polar surface area (TPSA) is 101 Å². The quantitative estimate of drug-likeness (QED) is 0.206. The van der Waals surface area contributed by atoms with Crippen molar-refractivity contribution in [3.05, 3.63) is 82.0 Å². The highest BCUT2D eigenvalue weighted by molar-refractivity contribution is 5.79. The molecular weight excluding hydrogens is 412 g/mol. The van der Waals surface area contributed by atoms with Crippen LogP contribution in [0.5, 0.6) is 5.75 Å². The summed E-state index contributed by atoms with van der Waals surface area (Å²) < 4.78 is 10.9. The molecule has 32 heavy (non-hydrogen) atoms. The van der Waals surface area contributed by atoms with E-state index in [4.69, 9.17) is 9.47 Å². The lowest BCUT2D eigenvalue weighted by Crippen LogP contribution is -2.24. The average molecular weight is 436 g/mol. The number of nitrogens with zero attached hydrogens (tertiary/aromatic N) is 2. The lowest BCUT2D eigenvalue weighted by atomic mass is 9.85. The Bertz CT molecular complexity index is 1080. The zero-order valence-electron chi connectivity index (χ0n) is 17.5. The fourth-order valence-corrected chi connectivity index (χ4v) is 4.23. The molecule has 0 bridgehead atoms. The Morgan fingerprint density at radius 3 is 2.56 bits per heavy atom. The number of hydrogen-bond acceptors (Lipinski definition) is 7. The monoisotopic (exact) mass is 436 g/mol. The predicted molar refractivity (Wildman–Crippen MR) is 116 cm³/mol. The van der Waals surface area contributed by atoms with E-state index in [1.54, 1.807) is 0 Å². The van der Waals surface area contributed by atoms with E-state index in [-0.39, 0.29) is 5.92 Å². The smallest absolute Gasteiger partial charge is 0.315 e. The average Bonchev–Trinajstić information content (AvgIpc) is 3.32. The molecule has 0 unspecified atom stereocenters. The molecule has 1 aliphatic carbocycles. The Morgan fingerprint density at radius 1 is 1.06 bits per heavy atom. The minimum absolute atomic E-state index is 0.145. The first-order chi connectivity index (χ1) is 15.6. The normalized spacial score (nSPS) is 14.8. The van der Waals surface area contributed by atoms with Gasteiger partial charge in [0.15, 0.2) is 0 Å². The minimum Gasteiger partial charge on any atom is -0.487 e. The molecular formula is C24H24N2O6. The van der Waals surface area contributed by atoms with Crippen LogP contribution in [0.15, 0.2) is 60.7 Å². The first-order valence-corrected chi connectivity index (χ1v) is 10.6. The zero-order valence-corrected chi connectivity index (χ0v) is 17.5. The van der Waals surface area contributed by atoms with E-state index in [0.29, 0.717) is 12.4 Å². The molecule has 4 rings (SSSR count). The SMILES string of the molecule is O=C(OCO[N+](=O)[O-])[C@@H](c1ccc(OCc2ccc3ccccc3n2)cc1)C1CCCC1. The molecule has 166 valence electrons. The van der Waals surface area contributed by atoms with Crippen LogP contribution < -0.4 is 4.74 Å². The van der Waals surface area contributed by atoms with Gasteiger partial charge in [-0.05, 0) is 48.6 Å². The Kier molecular flexibility index (Phi) is 6.79. The van der Waals surface area contributed by atoms with Crippen LogP contribution in [0.3, 0.4) is 0 Å². The van der Waals surface area contributed by atoms with E-state index >= 15 is 0 Å². The lowest BCUT2D eigenvalue weighted by Gasteiger charge is -2.22. The highest BCUT2D eigenvalue weighted by Gasteiger charge is 2.33. The summed E-state index contributed by atoms with van der Waals surface area (Å²) in [4.78, 5) is 31.7. The predicted octanol–water partition coefficient (Wildman–Crippen LogP) is 4.80. The van der Waals surface area contributed by atoms with Gasteiger partial charge in [-0.2, -0.15) is 0 Å². The summed E-state index contributed by atoms with van der Waals surface area (Å²) >= 11 is 0. The molecule has 1 heterocycles. The third-order valence-corrected chi connectivity index (χ3v) is 5.77. The summed E-state index contributed by atoms with van der Waals surface area (Å²) in [5.41, 5.74) is 2.55. The Morgan fingerprint density at radius 2 is 1.81 bits per heavy atom. The van der Waals surface area contributed by atoms with Gasteiger partial charge in [-0.3, -0.25) is 9.63 Å². The maximum atomic E-state index is 12.7. The van der Waals surface area contributed by atoms with Crippen molar-refractivity contribution in [2.45, 2.75) is 38.2 Å². The maximum absolute atomic E-state index is 12.7. The first-order valence-electron chi connectivity index (χ1n) is 10.6. The molecule has 0 saturated heterocycles. The van der Waals surface area contributed by atoms with Crippen LogP contribution in [-0.4, -0.2) is 22.8 Å². The number of esters is 1. The first kappa shape index (κ1) is 21.5. The second kappa shape index (κ2) is 10.1. The van der Waals surface area contributed by atoms with Crippen LogP contribution in [0, 0.1) is 16.0 Å². The van der Waals surface area contributed by atoms with Gasteiger partial charge >= 0.3 is 5.97 Å². The van der Waals surface area contributed by atoms with Crippen molar-refractivity contribution in [2.75, 3.05) is 6.79 Å². The molecule has 0 amide bonds. The van der Waals surface area contributed by atoms with Gasteiger partial charge in [0.1, 0.15) is 12.4 Å². The minimum atomic E-state index is -0.978. The maximum Gasteiger partial charge on any atom is 0.315 e. The van der Waals surface area contributed by atoms with Crippen LogP contribution in [0.25, 0.3) is 10.9 Å². The third-order valence-electron chi connectivity index (χ3n) is 5.77. The van der Waals surface area contributed by atoms with Gasteiger partial charge in [0, 0.05) is 5.39 Å². The molecule has 1 atom stereocenters. The molecule has 0 aliphatic heterocycles. The number of carbonyl (C=O) groups is 1. The molecule has 0 spiro atoms. The molecule has 1 aromatic heterocycles. The summed E-state index contributed by atoms with van der Waals surface area (Å²) in [6.07, 6.45) is 3.95. The number of aromatic nitrogens is 1. The van der Waals surface area contributed by atoms with Crippen molar-refractivity contribution < 1.29 is 24.2 Å². The number of fused-ring (bicyclic) bond motifs is 1. The molecule has 2 aromatic carbocycles. The van der Waals surface area contributed by atoms with Crippen LogP contribution in [0.4, 0.5) is 0 Å². The van der Waals surface area contributed by atoms with Gasteiger partial charge in [0.2, 0.25) is 6.79 Å². The van der Waals surface area contributed by atoms with Gasteiger partial charge in [0.25, 0.3) is 5.09 Å². The Balaban J connectivity index is 1.42. The van der Waals surface area contributed by atoms with Crippen LogP contribution in [0.1, 0.15) is 42.9 Å². The second-order valence-corrected chi connectivity index (χ2v) is 7.81. The molecule has 1 saturated carbocycles. The zero-order chi connectivity index (χ0) is 22.3. The second-order valence-electron chi connectivity index (χ2n) is 7.81. The molecule has 8 nitrogen and oxygen atoms in total. The van der Waals surface area contributed by atoms with E-state index in [1.165, 1.54) is 0 Å². The van der Waals surface area contributed by atoms with E-state index in [1.807, 2.05) is 60.7 Å². The molecule has 8 heteroatoms. The van der Waals surface area contributed by atoms with Crippen molar-refractivity contribution in [1.82, 2.24) is 4.98 Å². The van der Waals surface area contributed by atoms with Crippen LogP contribution in [-0.2, 0) is 21.0 Å². The molecule has 1 aliphatic rings. The number of carbonyl (C=O) groups excluding carboxylic acids is 1. The number of pyridine rings is 1. The van der Waals surface area contributed by atoms with Gasteiger partial charge in [-0.15, -0.1) is 10.1 Å². The number of hydrogen-bond donors (Lipinski definition) is 0. The molecule has 0 radical (unpaired) electrons. The van der Waals surface area contributed by atoms with E-state index in [9.17, 15) is 14.9 Å². The van der Waals surface area contributed by atoms with Crippen LogP contribution >= 0.6 is 0 Å². The van der Waals surface area contributed by atoms with Gasteiger partial charge < -0.3 is 9.47 Å². The van der Waals surface area contributed by atoms with E-state index < -0.39 is 23.8 Å². The van der Waals surface area contributed by atoms with Crippen LogP contribution in [0.2, 0.25) is 0 Å². The molecule has 0 N–H and O–H groups in total. The molecule has 3 aromatic rings. The largest absolute Gasteiger partial charge is 0.487 e. The lowest BCUT2D eigenvalue weighted by molar-refractivity contribution is -0.765. The van der Waals surface area contributed by atoms with E-state index in [2.05, 4.69) is 9.82 Å². The number of rotatable bonds is 9. The standard InChI is InChI=1S/C24H24N2O6/c27-24(31-16-32-26(28)29)23(18-6-1-2-7-18)19-10-13-21(14-11-19)30-15-20-12-9-17-5-3-4-8-22(17)25-20/h3-5,8-14,18,23H,1-2,6-7,15-16H2/t23-/m1/s1. The summed E-state index contributed by atoms with van der Waals surface area (Å²) in [5, 5.41) is 10.4. The Labute approximate surface area is 185 Å². The highest BCUT2D eigenvalue weighted by atomic mass is 17.0. The summed E-state index contributed by atoms with van der Waals surface area (Å²) in [7, 11) is 0. The van der Waals surface area contributed by atoms with Crippen molar-refractivity contribution in [3.8, 4) is 5.75 Å². The Hall–Kier alpha value is -3.68. The summed E-state index contributed by atoms with van der Waals surface area (Å²) in [6, 6.07) is 19.2.